The molecule has 0 heterocycles. The van der Waals surface area contributed by atoms with Crippen LogP contribution >= 0.6 is 0 Å². The molecule has 0 aromatic heterocycles. The molecule has 0 radical (unpaired) electrons. The Kier molecular flexibility index (Phi) is 2.84. The van der Waals surface area contributed by atoms with Crippen molar-refractivity contribution >= 4 is 23.5 Å². The highest BCUT2D eigenvalue weighted by Crippen LogP contribution is 2.31. The quantitative estimate of drug-likeness (QED) is 0.414. The molecule has 0 saturated carbocycles. The van der Waals surface area contributed by atoms with E-state index in [1.807, 2.05) is 15.7 Å². The minimum atomic E-state index is -0.711. The molecule has 0 aliphatic heterocycles. The molecule has 0 nitrogen and oxygen atoms in total. The highest BCUT2D eigenvalue weighted by Gasteiger charge is 2.28. The van der Waals surface area contributed by atoms with Gasteiger partial charge in [-0.3, -0.25) is 4.39 Å². The maximum Gasteiger partial charge on any atom is 0.144 e. The SMILES string of the molecule is BC(F)C(B)(B)C(C)C. The predicted molar refractivity (Wildman–Crippen MR) is 48.1 cm³/mol. The van der Waals surface area contributed by atoms with Crippen LogP contribution in [0.4, 0.5) is 4.39 Å². The zero-order chi connectivity index (χ0) is 7.65. The van der Waals surface area contributed by atoms with Gasteiger partial charge in [-0.2, -0.15) is 0 Å². The van der Waals surface area contributed by atoms with E-state index in [1.54, 1.807) is 7.85 Å². The van der Waals surface area contributed by atoms with Crippen LogP contribution in [0.2, 0.25) is 5.21 Å². The molecule has 0 aliphatic carbocycles. The summed E-state index contributed by atoms with van der Waals surface area (Å²) >= 11 is 0. The third-order valence-corrected chi connectivity index (χ3v) is 2.51. The molecule has 0 rings (SSSR count). The largest absolute Gasteiger partial charge is 0.259 e. The van der Waals surface area contributed by atoms with Crippen molar-refractivity contribution in [1.29, 1.82) is 0 Å². The van der Waals surface area contributed by atoms with Crippen molar-refractivity contribution in [3.8, 4) is 0 Å². The summed E-state index contributed by atoms with van der Waals surface area (Å²) in [7, 11) is 5.55. The van der Waals surface area contributed by atoms with Gasteiger partial charge >= 0.3 is 0 Å². The number of hydrogen-bond donors (Lipinski definition) is 0. The van der Waals surface area contributed by atoms with Gasteiger partial charge in [0.15, 0.2) is 0 Å². The Balaban J connectivity index is 4.01. The van der Waals surface area contributed by atoms with Gasteiger partial charge in [0.25, 0.3) is 0 Å². The summed E-state index contributed by atoms with van der Waals surface area (Å²) in [5.74, 6) is 0.414. The zero-order valence-corrected chi connectivity index (χ0v) is 7.03. The second-order valence-electron chi connectivity index (χ2n) is 3.59. The Morgan fingerprint density at radius 2 is 1.67 bits per heavy atom. The summed E-state index contributed by atoms with van der Waals surface area (Å²) < 4.78 is 12.7. The van der Waals surface area contributed by atoms with Gasteiger partial charge in [0.2, 0.25) is 0 Å². The number of halogens is 1. The van der Waals surface area contributed by atoms with E-state index in [0.29, 0.717) is 5.92 Å². The van der Waals surface area contributed by atoms with Crippen molar-refractivity contribution in [2.75, 3.05) is 0 Å². The normalized spacial score (nSPS) is 16.0. The fraction of sp³-hybridized carbons (Fsp3) is 1.00. The highest BCUT2D eigenvalue weighted by molar-refractivity contribution is 6.43. The fourth-order valence-electron chi connectivity index (χ4n) is 0.459. The first-order chi connectivity index (χ1) is 3.89. The summed E-state index contributed by atoms with van der Waals surface area (Å²) in [6, 6.07) is 0. The van der Waals surface area contributed by atoms with E-state index in [1.165, 1.54) is 0 Å². The second-order valence-corrected chi connectivity index (χ2v) is 3.59. The lowest BCUT2D eigenvalue weighted by atomic mass is 9.43. The lowest BCUT2D eigenvalue weighted by Crippen LogP contribution is -2.31. The van der Waals surface area contributed by atoms with Crippen molar-refractivity contribution < 1.29 is 4.39 Å². The van der Waals surface area contributed by atoms with Gasteiger partial charge in [-0.25, -0.2) is 0 Å². The van der Waals surface area contributed by atoms with Crippen molar-refractivity contribution in [3.05, 3.63) is 0 Å². The van der Waals surface area contributed by atoms with E-state index in [9.17, 15) is 4.39 Å². The van der Waals surface area contributed by atoms with Crippen molar-refractivity contribution in [3.63, 3.8) is 0 Å². The summed E-state index contributed by atoms with van der Waals surface area (Å²) in [5, 5.41) is -0.167. The smallest absolute Gasteiger partial charge is 0.144 e. The first-order valence-electron chi connectivity index (χ1n) is 3.53. The molecule has 0 aromatic rings. The lowest BCUT2D eigenvalue weighted by Gasteiger charge is -2.31. The van der Waals surface area contributed by atoms with Gasteiger partial charge in [-0.05, 0) is 0 Å². The maximum atomic E-state index is 12.7. The molecular weight excluding hydrogens is 111 g/mol. The predicted octanol–water partition coefficient (Wildman–Crippen LogP) is -1.05. The number of rotatable bonds is 2. The third-order valence-electron chi connectivity index (χ3n) is 2.51. The zero-order valence-electron chi connectivity index (χ0n) is 7.03. The molecule has 0 saturated heterocycles. The van der Waals surface area contributed by atoms with Gasteiger partial charge in [-0.1, -0.05) is 25.0 Å². The van der Waals surface area contributed by atoms with Crippen LogP contribution in [0.3, 0.4) is 0 Å². The van der Waals surface area contributed by atoms with Crippen LogP contribution in [0, 0.1) is 5.92 Å². The maximum absolute atomic E-state index is 12.7. The van der Waals surface area contributed by atoms with Crippen LogP contribution in [-0.4, -0.2) is 29.6 Å². The molecule has 0 N–H and O–H groups in total. The minimum Gasteiger partial charge on any atom is -0.259 e. The van der Waals surface area contributed by atoms with Crippen LogP contribution in [0.25, 0.3) is 0 Å². The Hall–Kier alpha value is 0.125. The minimum absolute atomic E-state index is 0.167. The molecule has 1 unspecified atom stereocenters. The molecule has 4 heteroatoms. The Labute approximate surface area is 59.8 Å². The Morgan fingerprint density at radius 1 is 1.33 bits per heavy atom. The topological polar surface area (TPSA) is 0 Å². The molecule has 9 heavy (non-hydrogen) atoms. The van der Waals surface area contributed by atoms with Crippen LogP contribution in [0.5, 0.6) is 0 Å². The monoisotopic (exact) mass is 126 g/mol. The van der Waals surface area contributed by atoms with E-state index in [0.717, 1.165) is 0 Å². The van der Waals surface area contributed by atoms with Crippen molar-refractivity contribution in [2.45, 2.75) is 25.1 Å². The molecule has 0 aromatic carbocycles. The van der Waals surface area contributed by atoms with Gasteiger partial charge in [0.05, 0.1) is 6.07 Å². The molecule has 0 spiro atoms. The summed E-state index contributed by atoms with van der Waals surface area (Å²) in [6.07, 6.45) is -0.711. The highest BCUT2D eigenvalue weighted by atomic mass is 19.1. The van der Waals surface area contributed by atoms with Gasteiger partial charge in [-0.15, -0.1) is 0 Å². The van der Waals surface area contributed by atoms with Gasteiger partial charge in [0.1, 0.15) is 23.5 Å². The second kappa shape index (κ2) is 2.81. The Bertz CT molecular complexity index is 80.2. The molecule has 0 amide bonds. The van der Waals surface area contributed by atoms with Gasteiger partial charge < -0.3 is 0 Å². The molecule has 0 bridgehead atoms. The number of hydrogen-bond acceptors (Lipinski definition) is 0. The summed E-state index contributed by atoms with van der Waals surface area (Å²) in [6.45, 7) is 4.10. The average molecular weight is 126 g/mol. The van der Waals surface area contributed by atoms with Crippen molar-refractivity contribution in [1.82, 2.24) is 0 Å². The van der Waals surface area contributed by atoms with E-state index < -0.39 is 6.07 Å². The third kappa shape index (κ3) is 2.07. The average Bonchev–Trinajstić information content (AvgIpc) is 1.65. The van der Waals surface area contributed by atoms with Crippen molar-refractivity contribution in [2.24, 2.45) is 5.92 Å². The van der Waals surface area contributed by atoms with Crippen LogP contribution < -0.4 is 0 Å². The van der Waals surface area contributed by atoms with Gasteiger partial charge in [0, 0.05) is 0 Å². The van der Waals surface area contributed by atoms with Crippen LogP contribution in [-0.2, 0) is 0 Å². The van der Waals surface area contributed by atoms with E-state index >= 15 is 0 Å². The first-order valence-corrected chi connectivity index (χ1v) is 3.53. The molecule has 0 aliphatic rings. The van der Waals surface area contributed by atoms with E-state index in [-0.39, 0.29) is 5.21 Å². The summed E-state index contributed by atoms with van der Waals surface area (Å²) in [5.41, 5.74) is 0. The van der Waals surface area contributed by atoms with E-state index in [2.05, 4.69) is 13.8 Å². The van der Waals surface area contributed by atoms with Crippen LogP contribution in [0.1, 0.15) is 13.8 Å². The molecule has 1 atom stereocenters. The molecular formula is C5H14B3F. The molecule has 0 fully saturated rings. The van der Waals surface area contributed by atoms with E-state index in [4.69, 9.17) is 0 Å². The lowest BCUT2D eigenvalue weighted by molar-refractivity contribution is 0.345. The standard InChI is InChI=1S/C5H14B3F/c1-3(2)5(7,8)4(6)9/h3-4H,6-8H2,1-2H3. The molecule has 50 valence electrons. The number of alkyl halides is 1. The fourth-order valence-corrected chi connectivity index (χ4v) is 0.459. The summed E-state index contributed by atoms with van der Waals surface area (Å²) in [4.78, 5) is 0. The Morgan fingerprint density at radius 3 is 1.67 bits per heavy atom. The van der Waals surface area contributed by atoms with Crippen LogP contribution in [0.15, 0.2) is 0 Å². The first kappa shape index (κ1) is 9.12.